The third-order valence-corrected chi connectivity index (χ3v) is 3.14. The van der Waals surface area contributed by atoms with Gasteiger partial charge in [0.25, 0.3) is 0 Å². The third kappa shape index (κ3) is 2.09. The van der Waals surface area contributed by atoms with Crippen LogP contribution in [-0.4, -0.2) is 34.6 Å². The molecular weight excluding hydrogens is 198 g/mol. The van der Waals surface area contributed by atoms with Crippen LogP contribution in [-0.2, 0) is 6.54 Å². The molecule has 0 aliphatic rings. The van der Waals surface area contributed by atoms with Crippen molar-refractivity contribution >= 4 is 10.9 Å². The second kappa shape index (κ2) is 4.26. The molecule has 0 unspecified atom stereocenters. The number of nitrogens with zero attached hydrogens (tertiary/aromatic N) is 3. The smallest absolute Gasteiger partial charge is 0.0667 e. The van der Waals surface area contributed by atoms with E-state index in [0.29, 0.717) is 6.04 Å². The molecule has 0 aliphatic carbocycles. The maximum Gasteiger partial charge on any atom is 0.0667 e. The van der Waals surface area contributed by atoms with E-state index in [0.717, 1.165) is 12.2 Å². The maximum absolute atomic E-state index is 4.36. The second-order valence-electron chi connectivity index (χ2n) is 4.67. The van der Waals surface area contributed by atoms with Gasteiger partial charge >= 0.3 is 0 Å². The predicted octanol–water partition coefficient (Wildman–Crippen LogP) is 2.29. The zero-order valence-corrected chi connectivity index (χ0v) is 10.4. The molecule has 0 saturated carbocycles. The molecule has 0 aliphatic heterocycles. The fourth-order valence-corrected chi connectivity index (χ4v) is 1.80. The molecule has 2 aromatic rings. The van der Waals surface area contributed by atoms with Crippen molar-refractivity contribution in [2.45, 2.75) is 26.4 Å². The highest BCUT2D eigenvalue weighted by Gasteiger charge is 2.07. The summed E-state index contributed by atoms with van der Waals surface area (Å²) in [4.78, 5) is 6.59. The number of rotatable bonds is 3. The number of likely N-dealkylation sites (N-methyl/N-ethyl adjacent to an activating group) is 1. The van der Waals surface area contributed by atoms with Crippen molar-refractivity contribution in [3.8, 4) is 0 Å². The van der Waals surface area contributed by atoms with E-state index in [9.17, 15) is 0 Å². The van der Waals surface area contributed by atoms with Crippen molar-refractivity contribution in [1.82, 2.24) is 14.5 Å². The first-order chi connectivity index (χ1) is 7.58. The quantitative estimate of drug-likeness (QED) is 0.786. The third-order valence-electron chi connectivity index (χ3n) is 3.14. The van der Waals surface area contributed by atoms with E-state index < -0.39 is 0 Å². The average Bonchev–Trinajstić information content (AvgIpc) is 2.60. The first-order valence-electron chi connectivity index (χ1n) is 5.66. The van der Waals surface area contributed by atoms with Gasteiger partial charge in [-0.15, -0.1) is 0 Å². The zero-order valence-electron chi connectivity index (χ0n) is 10.4. The zero-order chi connectivity index (χ0) is 11.7. The number of aryl methyl sites for hydroxylation is 1. The van der Waals surface area contributed by atoms with Crippen LogP contribution in [0.2, 0.25) is 0 Å². The molecule has 86 valence electrons. The van der Waals surface area contributed by atoms with Crippen LogP contribution >= 0.6 is 0 Å². The van der Waals surface area contributed by atoms with Crippen LogP contribution < -0.4 is 0 Å². The monoisotopic (exact) mass is 217 g/mol. The molecule has 0 aromatic carbocycles. The van der Waals surface area contributed by atoms with Gasteiger partial charge in [-0.25, -0.2) is 0 Å². The van der Waals surface area contributed by atoms with Crippen LogP contribution in [0.1, 0.15) is 12.6 Å². The molecule has 0 fully saturated rings. The second-order valence-corrected chi connectivity index (χ2v) is 4.67. The highest BCUT2D eigenvalue weighted by molar-refractivity contribution is 5.79. The van der Waals surface area contributed by atoms with E-state index in [-0.39, 0.29) is 0 Å². The van der Waals surface area contributed by atoms with Crippen LogP contribution in [0, 0.1) is 6.92 Å². The van der Waals surface area contributed by atoms with Gasteiger partial charge in [-0.1, -0.05) is 0 Å². The summed E-state index contributed by atoms with van der Waals surface area (Å²) in [6.45, 7) is 5.26. The van der Waals surface area contributed by atoms with Gasteiger partial charge in [-0.2, -0.15) is 0 Å². The number of aromatic nitrogens is 2. The van der Waals surface area contributed by atoms with Crippen molar-refractivity contribution < 1.29 is 0 Å². The molecule has 0 amide bonds. The van der Waals surface area contributed by atoms with Gasteiger partial charge < -0.3 is 9.47 Å². The Balaban J connectivity index is 2.32. The summed E-state index contributed by atoms with van der Waals surface area (Å²) in [7, 11) is 4.22. The molecule has 2 heterocycles. The Morgan fingerprint density at radius 3 is 2.88 bits per heavy atom. The fourth-order valence-electron chi connectivity index (χ4n) is 1.80. The summed E-state index contributed by atoms with van der Waals surface area (Å²) >= 11 is 0. The highest BCUT2D eigenvalue weighted by Crippen LogP contribution is 2.16. The largest absolute Gasteiger partial charge is 0.345 e. The predicted molar refractivity (Wildman–Crippen MR) is 67.6 cm³/mol. The maximum atomic E-state index is 4.36. The van der Waals surface area contributed by atoms with Gasteiger partial charge in [0.2, 0.25) is 0 Å². The van der Waals surface area contributed by atoms with E-state index in [1.807, 2.05) is 13.1 Å². The van der Waals surface area contributed by atoms with Gasteiger partial charge in [0, 0.05) is 29.9 Å². The summed E-state index contributed by atoms with van der Waals surface area (Å²) in [5.74, 6) is 0. The van der Waals surface area contributed by atoms with E-state index in [1.165, 1.54) is 10.9 Å². The van der Waals surface area contributed by atoms with E-state index in [2.05, 4.69) is 53.8 Å². The summed E-state index contributed by atoms with van der Waals surface area (Å²) in [6, 6.07) is 4.82. The SMILES string of the molecule is Cc1cc2ccn(C[C@@H](C)N(C)C)c2cn1. The lowest BCUT2D eigenvalue weighted by Crippen LogP contribution is -2.28. The summed E-state index contributed by atoms with van der Waals surface area (Å²) in [5, 5.41) is 1.28. The number of hydrogen-bond donors (Lipinski definition) is 0. The Kier molecular flexibility index (Phi) is 2.97. The molecule has 3 heteroatoms. The summed E-state index contributed by atoms with van der Waals surface area (Å²) in [5.41, 5.74) is 2.30. The average molecular weight is 217 g/mol. The van der Waals surface area contributed by atoms with Crippen LogP contribution in [0.25, 0.3) is 10.9 Å². The molecule has 16 heavy (non-hydrogen) atoms. The Morgan fingerprint density at radius 1 is 1.44 bits per heavy atom. The minimum atomic E-state index is 0.525. The molecule has 0 saturated heterocycles. The van der Waals surface area contributed by atoms with Crippen molar-refractivity contribution in [1.29, 1.82) is 0 Å². The van der Waals surface area contributed by atoms with Gasteiger partial charge in [-0.3, -0.25) is 4.98 Å². The van der Waals surface area contributed by atoms with Crippen LogP contribution in [0.4, 0.5) is 0 Å². The van der Waals surface area contributed by atoms with E-state index in [1.54, 1.807) is 0 Å². The first-order valence-corrected chi connectivity index (χ1v) is 5.66. The van der Waals surface area contributed by atoms with Crippen molar-refractivity contribution in [3.63, 3.8) is 0 Å². The minimum absolute atomic E-state index is 0.525. The van der Waals surface area contributed by atoms with Crippen LogP contribution in [0.3, 0.4) is 0 Å². The minimum Gasteiger partial charge on any atom is -0.345 e. The van der Waals surface area contributed by atoms with E-state index >= 15 is 0 Å². The standard InChI is InChI=1S/C13H19N3/c1-10-7-12-5-6-16(13(12)8-14-10)9-11(2)15(3)4/h5-8,11H,9H2,1-4H3/t11-/m1/s1. The summed E-state index contributed by atoms with van der Waals surface area (Å²) < 4.78 is 2.27. The lowest BCUT2D eigenvalue weighted by Gasteiger charge is -2.20. The highest BCUT2D eigenvalue weighted by atomic mass is 15.1. The van der Waals surface area contributed by atoms with Gasteiger partial charge in [0.15, 0.2) is 0 Å². The Labute approximate surface area is 96.7 Å². The normalized spacial score (nSPS) is 13.6. The molecular formula is C13H19N3. The molecule has 3 nitrogen and oxygen atoms in total. The number of fused-ring (bicyclic) bond motifs is 1. The Morgan fingerprint density at radius 2 is 2.19 bits per heavy atom. The molecule has 0 N–H and O–H groups in total. The van der Waals surface area contributed by atoms with Gasteiger partial charge in [-0.05, 0) is 40.1 Å². The lowest BCUT2D eigenvalue weighted by molar-refractivity contribution is 0.286. The van der Waals surface area contributed by atoms with Crippen LogP contribution in [0.15, 0.2) is 24.5 Å². The number of pyridine rings is 1. The molecule has 0 radical (unpaired) electrons. The molecule has 2 rings (SSSR count). The topological polar surface area (TPSA) is 21.1 Å². The molecule has 0 bridgehead atoms. The van der Waals surface area contributed by atoms with Crippen LogP contribution in [0.5, 0.6) is 0 Å². The van der Waals surface area contributed by atoms with Gasteiger partial charge in [0.05, 0.1) is 11.7 Å². The van der Waals surface area contributed by atoms with E-state index in [4.69, 9.17) is 0 Å². The van der Waals surface area contributed by atoms with Crippen molar-refractivity contribution in [2.24, 2.45) is 0 Å². The van der Waals surface area contributed by atoms with Gasteiger partial charge in [0.1, 0.15) is 0 Å². The molecule has 2 aromatic heterocycles. The first kappa shape index (κ1) is 11.1. The van der Waals surface area contributed by atoms with Crippen molar-refractivity contribution in [2.75, 3.05) is 14.1 Å². The molecule has 0 spiro atoms. The summed E-state index contributed by atoms with van der Waals surface area (Å²) in [6.07, 6.45) is 4.11. The fraction of sp³-hybridized carbons (Fsp3) is 0.462. The number of hydrogen-bond acceptors (Lipinski definition) is 2. The van der Waals surface area contributed by atoms with Crippen molar-refractivity contribution in [3.05, 3.63) is 30.2 Å². The Hall–Kier alpha value is -1.35. The molecule has 1 atom stereocenters. The Bertz CT molecular complexity index is 485. The lowest BCUT2D eigenvalue weighted by atomic mass is 10.2.